The molecular weight excluding hydrogens is 265 g/mol. The topological polar surface area (TPSA) is 72.3 Å². The summed E-state index contributed by atoms with van der Waals surface area (Å²) in [6, 6.07) is 0. The molecule has 0 aliphatic carbocycles. The molecule has 0 radical (unpaired) electrons. The Morgan fingerprint density at radius 2 is 2.16 bits per heavy atom. The number of carbonyl (C=O) groups is 1. The van der Waals surface area contributed by atoms with Crippen LogP contribution in [0.3, 0.4) is 0 Å². The second-order valence-electron chi connectivity index (χ2n) is 3.40. The number of methoxy groups -OCH3 is 1. The summed E-state index contributed by atoms with van der Waals surface area (Å²) in [5.41, 5.74) is -0.300. The highest BCUT2D eigenvalue weighted by Gasteiger charge is 2.35. The molecule has 1 aromatic rings. The van der Waals surface area contributed by atoms with Gasteiger partial charge in [-0.05, 0) is 6.92 Å². The number of halogens is 3. The van der Waals surface area contributed by atoms with E-state index in [2.05, 4.69) is 14.7 Å². The van der Waals surface area contributed by atoms with Crippen LogP contribution in [0.25, 0.3) is 5.57 Å². The van der Waals surface area contributed by atoms with Crippen LogP contribution in [0.5, 0.6) is 0 Å². The largest absolute Gasteiger partial charge is 0.465 e. The van der Waals surface area contributed by atoms with E-state index in [9.17, 15) is 18.0 Å². The monoisotopic (exact) mass is 276 g/mol. The van der Waals surface area contributed by atoms with Crippen LogP contribution in [0.4, 0.5) is 13.2 Å². The zero-order chi connectivity index (χ0) is 14.6. The molecule has 0 bridgehead atoms. The van der Waals surface area contributed by atoms with E-state index in [4.69, 9.17) is 5.11 Å². The van der Waals surface area contributed by atoms with Gasteiger partial charge >= 0.3 is 12.1 Å². The molecule has 0 aliphatic rings. The van der Waals surface area contributed by atoms with Crippen LogP contribution in [0, 0.1) is 0 Å². The summed E-state index contributed by atoms with van der Waals surface area (Å²) in [6.45, 7) is 0.750. The molecule has 0 amide bonds. The second-order valence-corrected chi connectivity index (χ2v) is 3.40. The number of hydrogen-bond donors (Lipinski definition) is 1. The third kappa shape index (κ3) is 3.28. The summed E-state index contributed by atoms with van der Waals surface area (Å²) in [7, 11) is 1.13. The van der Waals surface area contributed by atoms with Gasteiger partial charge in [0.05, 0.1) is 25.0 Å². The van der Waals surface area contributed by atoms with Crippen molar-refractivity contribution in [1.82, 2.24) is 9.97 Å². The van der Waals surface area contributed by atoms with E-state index in [1.54, 1.807) is 0 Å². The summed E-state index contributed by atoms with van der Waals surface area (Å²) in [4.78, 5) is 17.8. The van der Waals surface area contributed by atoms with Gasteiger partial charge < -0.3 is 9.84 Å². The van der Waals surface area contributed by atoms with Gasteiger partial charge in [0.15, 0.2) is 0 Å². The molecule has 1 rings (SSSR count). The maximum atomic E-state index is 12.4. The molecule has 0 unspecified atom stereocenters. The summed E-state index contributed by atoms with van der Waals surface area (Å²) in [6.07, 6.45) is -2.53. The molecule has 0 fully saturated rings. The number of aliphatic hydroxyl groups is 1. The maximum Gasteiger partial charge on any atom is 0.451 e. The molecule has 0 spiro atoms. The molecule has 0 aromatic carbocycles. The van der Waals surface area contributed by atoms with Crippen molar-refractivity contribution in [2.45, 2.75) is 19.7 Å². The Kier molecular flexibility index (Phi) is 4.60. The molecule has 104 valence electrons. The van der Waals surface area contributed by atoms with Gasteiger partial charge in [0.1, 0.15) is 0 Å². The molecule has 0 atom stereocenters. The van der Waals surface area contributed by atoms with E-state index in [0.717, 1.165) is 13.3 Å². The number of aromatic nitrogens is 2. The number of nitrogens with zero attached hydrogens (tertiary/aromatic N) is 2. The first-order valence-corrected chi connectivity index (χ1v) is 5.14. The van der Waals surface area contributed by atoms with Crippen LogP contribution in [0.1, 0.15) is 24.0 Å². The quantitative estimate of drug-likeness (QED) is 0.670. The molecule has 5 nitrogen and oxygen atoms in total. The number of carbonyl (C=O) groups excluding carboxylic acids is 1. The first kappa shape index (κ1) is 15.1. The number of aliphatic hydroxyl groups excluding tert-OH is 1. The van der Waals surface area contributed by atoms with Crippen molar-refractivity contribution in [3.63, 3.8) is 0 Å². The van der Waals surface area contributed by atoms with Crippen molar-refractivity contribution in [2.75, 3.05) is 7.11 Å². The minimum absolute atomic E-state index is 0.00449. The van der Waals surface area contributed by atoms with E-state index >= 15 is 0 Å². The lowest BCUT2D eigenvalue weighted by Gasteiger charge is -2.11. The first-order chi connectivity index (χ1) is 8.85. The molecule has 19 heavy (non-hydrogen) atoms. The van der Waals surface area contributed by atoms with E-state index in [-0.39, 0.29) is 16.8 Å². The van der Waals surface area contributed by atoms with Crippen LogP contribution >= 0.6 is 0 Å². The fourth-order valence-electron chi connectivity index (χ4n) is 1.39. The van der Waals surface area contributed by atoms with Crippen LogP contribution < -0.4 is 0 Å². The van der Waals surface area contributed by atoms with Crippen LogP contribution in [0.15, 0.2) is 12.3 Å². The molecule has 0 saturated heterocycles. The number of hydrogen-bond acceptors (Lipinski definition) is 5. The van der Waals surface area contributed by atoms with Crippen molar-refractivity contribution >= 4 is 11.5 Å². The minimum atomic E-state index is -4.72. The van der Waals surface area contributed by atoms with Gasteiger partial charge in [0, 0.05) is 11.8 Å². The van der Waals surface area contributed by atoms with Gasteiger partial charge in [-0.2, -0.15) is 13.2 Å². The van der Waals surface area contributed by atoms with E-state index in [1.165, 1.54) is 13.0 Å². The highest BCUT2D eigenvalue weighted by molar-refractivity contribution is 6.16. The number of rotatable bonds is 3. The fraction of sp³-hybridized carbons (Fsp3) is 0.364. The van der Waals surface area contributed by atoms with Crippen molar-refractivity contribution in [3.8, 4) is 0 Å². The fourth-order valence-corrected chi connectivity index (χ4v) is 1.39. The molecule has 1 N–H and O–H groups in total. The summed E-state index contributed by atoms with van der Waals surface area (Å²) in [5, 5.41) is 9.07. The second kappa shape index (κ2) is 5.79. The standard InChI is InChI=1S/C11H11F3N2O3/c1-3-6(9(18)19-2)7-4-15-10(11(12,13)14)16-8(7)5-17/h3-4,17H,5H2,1-2H3/b6-3+. The normalized spacial score (nSPS) is 12.4. The molecule has 1 heterocycles. The van der Waals surface area contributed by atoms with Gasteiger partial charge in [-0.3, -0.25) is 0 Å². The van der Waals surface area contributed by atoms with Gasteiger partial charge in [-0.1, -0.05) is 6.08 Å². The van der Waals surface area contributed by atoms with E-state index in [0.29, 0.717) is 0 Å². The van der Waals surface area contributed by atoms with Gasteiger partial charge in [-0.15, -0.1) is 0 Å². The van der Waals surface area contributed by atoms with Crippen LogP contribution in [-0.4, -0.2) is 28.2 Å². The Morgan fingerprint density at radius 3 is 2.58 bits per heavy atom. The molecular formula is C11H11F3N2O3. The molecule has 0 saturated carbocycles. The SMILES string of the molecule is C/C=C(/C(=O)OC)c1cnc(C(F)(F)F)nc1CO. The van der Waals surface area contributed by atoms with Gasteiger partial charge in [-0.25, -0.2) is 14.8 Å². The van der Waals surface area contributed by atoms with Crippen LogP contribution in [0.2, 0.25) is 0 Å². The zero-order valence-electron chi connectivity index (χ0n) is 10.2. The summed E-state index contributed by atoms with van der Waals surface area (Å²) < 4.78 is 41.8. The number of alkyl halides is 3. The Balaban J connectivity index is 3.34. The number of ether oxygens (including phenoxy) is 1. The Labute approximate surface area is 106 Å². The molecule has 0 aliphatic heterocycles. The predicted octanol–water partition coefficient (Wildman–Crippen LogP) is 1.56. The average molecular weight is 276 g/mol. The lowest BCUT2D eigenvalue weighted by atomic mass is 10.1. The summed E-state index contributed by atoms with van der Waals surface area (Å²) >= 11 is 0. The van der Waals surface area contributed by atoms with E-state index < -0.39 is 24.6 Å². The molecule has 8 heteroatoms. The van der Waals surface area contributed by atoms with Crippen molar-refractivity contribution in [1.29, 1.82) is 0 Å². The third-order valence-corrected chi connectivity index (χ3v) is 2.26. The first-order valence-electron chi connectivity index (χ1n) is 5.14. The summed E-state index contributed by atoms with van der Waals surface area (Å²) in [5.74, 6) is -2.12. The lowest BCUT2D eigenvalue weighted by Crippen LogP contribution is -2.15. The van der Waals surface area contributed by atoms with Gasteiger partial charge in [0.25, 0.3) is 0 Å². The smallest absolute Gasteiger partial charge is 0.451 e. The van der Waals surface area contributed by atoms with Crippen molar-refractivity contribution in [2.24, 2.45) is 0 Å². The Bertz CT molecular complexity index is 512. The highest BCUT2D eigenvalue weighted by Crippen LogP contribution is 2.28. The lowest BCUT2D eigenvalue weighted by molar-refractivity contribution is -0.145. The number of esters is 1. The number of allylic oxidation sites excluding steroid dienone is 1. The molecule has 1 aromatic heterocycles. The van der Waals surface area contributed by atoms with Crippen LogP contribution in [-0.2, 0) is 22.3 Å². The zero-order valence-corrected chi connectivity index (χ0v) is 10.2. The van der Waals surface area contributed by atoms with Crippen molar-refractivity contribution < 1.29 is 27.8 Å². The van der Waals surface area contributed by atoms with Crippen molar-refractivity contribution in [3.05, 3.63) is 29.4 Å². The maximum absolute atomic E-state index is 12.4. The van der Waals surface area contributed by atoms with E-state index in [1.807, 2.05) is 0 Å². The highest BCUT2D eigenvalue weighted by atomic mass is 19.4. The predicted molar refractivity (Wildman–Crippen MR) is 58.6 cm³/mol. The Hall–Kier alpha value is -1.96. The third-order valence-electron chi connectivity index (χ3n) is 2.26. The average Bonchev–Trinajstić information content (AvgIpc) is 2.38. The Morgan fingerprint density at radius 1 is 1.53 bits per heavy atom. The van der Waals surface area contributed by atoms with Gasteiger partial charge in [0.2, 0.25) is 5.82 Å². The minimum Gasteiger partial charge on any atom is -0.465 e.